The maximum Gasteiger partial charge on any atom is 0.311 e. The molecule has 0 heterocycles. The summed E-state index contributed by atoms with van der Waals surface area (Å²) in [6, 6.07) is 9.36. The van der Waals surface area contributed by atoms with Crippen LogP contribution < -0.4 is 10.6 Å². The van der Waals surface area contributed by atoms with E-state index in [2.05, 4.69) is 10.6 Å². The molecule has 0 fully saturated rings. The minimum Gasteiger partial charge on any atom is -0.481 e. The second kappa shape index (κ2) is 5.94. The molecule has 0 unspecified atom stereocenters. The summed E-state index contributed by atoms with van der Waals surface area (Å²) in [5.74, 6) is -1.19. The Morgan fingerprint density at radius 1 is 1.10 bits per heavy atom. The van der Waals surface area contributed by atoms with Gasteiger partial charge in [0.1, 0.15) is 0 Å². The van der Waals surface area contributed by atoms with Crippen molar-refractivity contribution in [3.8, 4) is 0 Å². The van der Waals surface area contributed by atoms with E-state index in [0.29, 0.717) is 0 Å². The molecule has 20 heavy (non-hydrogen) atoms. The molecular weight excluding hydrogens is 256 g/mol. The number of hydrogen-bond donors (Lipinski definition) is 3. The van der Waals surface area contributed by atoms with Gasteiger partial charge in [0.2, 0.25) is 5.91 Å². The van der Waals surface area contributed by atoms with Crippen molar-refractivity contribution >= 4 is 17.6 Å². The fourth-order valence-electron chi connectivity index (χ4n) is 1.55. The lowest BCUT2D eigenvalue weighted by atomic mass is 9.74. The van der Waals surface area contributed by atoms with E-state index in [1.165, 1.54) is 0 Å². The minimum atomic E-state index is -1.06. The molecule has 3 N–H and O–H groups in total. The molecule has 1 aromatic carbocycles. The summed E-state index contributed by atoms with van der Waals surface area (Å²) in [4.78, 5) is 23.2. The molecule has 0 saturated heterocycles. The molecule has 1 amide bonds. The molecule has 0 aliphatic carbocycles. The Morgan fingerprint density at radius 2 is 1.65 bits per heavy atom. The zero-order valence-corrected chi connectivity index (χ0v) is 12.4. The van der Waals surface area contributed by atoms with Crippen LogP contribution in [-0.2, 0) is 9.59 Å². The van der Waals surface area contributed by atoms with Crippen LogP contribution in [0, 0.1) is 5.41 Å². The number of hydrogen-bond acceptors (Lipinski definition) is 3. The van der Waals surface area contributed by atoms with E-state index in [0.717, 1.165) is 5.69 Å². The molecule has 1 aromatic rings. The highest BCUT2D eigenvalue weighted by Crippen LogP contribution is 2.30. The summed E-state index contributed by atoms with van der Waals surface area (Å²) >= 11 is 0. The molecule has 1 rings (SSSR count). The van der Waals surface area contributed by atoms with E-state index >= 15 is 0 Å². The molecule has 5 heteroatoms. The predicted molar refractivity (Wildman–Crippen MR) is 78.6 cm³/mol. The lowest BCUT2D eigenvalue weighted by Gasteiger charge is -2.38. The van der Waals surface area contributed by atoms with E-state index in [4.69, 9.17) is 0 Å². The summed E-state index contributed by atoms with van der Waals surface area (Å²) in [7, 11) is 0. The Balaban J connectivity index is 2.60. The smallest absolute Gasteiger partial charge is 0.311 e. The van der Waals surface area contributed by atoms with Crippen LogP contribution in [0.5, 0.6) is 0 Å². The molecule has 0 spiro atoms. The van der Waals surface area contributed by atoms with Crippen LogP contribution >= 0.6 is 0 Å². The van der Waals surface area contributed by atoms with E-state index in [-0.39, 0.29) is 12.5 Å². The molecular formula is C15H22N2O3. The third kappa shape index (κ3) is 3.73. The predicted octanol–water partition coefficient (Wildman–Crippen LogP) is 2.10. The van der Waals surface area contributed by atoms with Gasteiger partial charge in [-0.1, -0.05) is 18.2 Å². The van der Waals surface area contributed by atoms with Gasteiger partial charge >= 0.3 is 5.97 Å². The fraction of sp³-hybridized carbons (Fsp3) is 0.467. The van der Waals surface area contributed by atoms with Crippen LogP contribution in [0.2, 0.25) is 0 Å². The number of rotatable bonds is 6. The first-order valence-electron chi connectivity index (χ1n) is 6.50. The number of amides is 1. The maximum absolute atomic E-state index is 11.9. The van der Waals surface area contributed by atoms with Crippen molar-refractivity contribution in [1.29, 1.82) is 0 Å². The van der Waals surface area contributed by atoms with Crippen LogP contribution in [0.1, 0.15) is 27.7 Å². The third-order valence-corrected chi connectivity index (χ3v) is 3.78. The van der Waals surface area contributed by atoms with Gasteiger partial charge in [-0.15, -0.1) is 0 Å². The number of para-hydroxylation sites is 1. The number of carbonyl (C=O) groups excluding carboxylic acids is 1. The zero-order chi connectivity index (χ0) is 15.4. The molecule has 0 aromatic heterocycles. The minimum absolute atomic E-state index is 0.100. The van der Waals surface area contributed by atoms with Gasteiger partial charge in [-0.3, -0.25) is 9.59 Å². The third-order valence-electron chi connectivity index (χ3n) is 3.78. The number of aliphatic carboxylic acids is 1. The summed E-state index contributed by atoms with van der Waals surface area (Å²) in [6.45, 7) is 6.71. The van der Waals surface area contributed by atoms with Gasteiger partial charge in [0.15, 0.2) is 0 Å². The van der Waals surface area contributed by atoms with E-state index in [1.54, 1.807) is 27.7 Å². The van der Waals surface area contributed by atoms with Gasteiger partial charge in [-0.2, -0.15) is 0 Å². The summed E-state index contributed by atoms with van der Waals surface area (Å²) in [6.07, 6.45) is 0. The molecule has 0 bridgehead atoms. The number of benzene rings is 1. The fourth-order valence-corrected chi connectivity index (χ4v) is 1.55. The van der Waals surface area contributed by atoms with Crippen molar-refractivity contribution in [2.24, 2.45) is 5.41 Å². The second-order valence-electron chi connectivity index (χ2n) is 5.82. The van der Waals surface area contributed by atoms with Gasteiger partial charge in [0, 0.05) is 5.69 Å². The lowest BCUT2D eigenvalue weighted by Crippen LogP contribution is -2.57. The average Bonchev–Trinajstić information content (AvgIpc) is 2.36. The Bertz CT molecular complexity index is 481. The lowest BCUT2D eigenvalue weighted by molar-refractivity contribution is -0.151. The summed E-state index contributed by atoms with van der Waals surface area (Å²) in [5, 5.41) is 15.0. The molecule has 0 aliphatic heterocycles. The Kier molecular flexibility index (Phi) is 4.76. The van der Waals surface area contributed by atoms with Crippen molar-refractivity contribution < 1.29 is 14.7 Å². The van der Waals surface area contributed by atoms with Crippen LogP contribution in [0.4, 0.5) is 5.69 Å². The monoisotopic (exact) mass is 278 g/mol. The van der Waals surface area contributed by atoms with Gasteiger partial charge in [0.25, 0.3) is 0 Å². The molecule has 0 saturated carbocycles. The average molecular weight is 278 g/mol. The Labute approximate surface area is 119 Å². The molecule has 0 aliphatic rings. The first-order valence-corrected chi connectivity index (χ1v) is 6.50. The number of anilines is 1. The van der Waals surface area contributed by atoms with E-state index in [1.807, 2.05) is 30.3 Å². The normalized spacial score (nSPS) is 11.8. The van der Waals surface area contributed by atoms with Crippen LogP contribution in [-0.4, -0.2) is 29.1 Å². The zero-order valence-electron chi connectivity index (χ0n) is 12.4. The number of carbonyl (C=O) groups is 2. The number of carboxylic acid groups (broad SMARTS) is 1. The largest absolute Gasteiger partial charge is 0.481 e. The Morgan fingerprint density at radius 3 is 2.15 bits per heavy atom. The van der Waals surface area contributed by atoms with Gasteiger partial charge in [-0.25, -0.2) is 0 Å². The first kappa shape index (κ1) is 16.0. The van der Waals surface area contributed by atoms with Crippen molar-refractivity contribution in [3.05, 3.63) is 30.3 Å². The van der Waals surface area contributed by atoms with Gasteiger partial charge < -0.3 is 15.7 Å². The van der Waals surface area contributed by atoms with Gasteiger partial charge in [0.05, 0.1) is 17.5 Å². The molecule has 5 nitrogen and oxygen atoms in total. The van der Waals surface area contributed by atoms with Crippen molar-refractivity contribution in [1.82, 2.24) is 5.32 Å². The summed E-state index contributed by atoms with van der Waals surface area (Å²) < 4.78 is 0. The van der Waals surface area contributed by atoms with Crippen LogP contribution in [0.15, 0.2) is 30.3 Å². The highest BCUT2D eigenvalue weighted by atomic mass is 16.4. The van der Waals surface area contributed by atoms with E-state index in [9.17, 15) is 14.7 Å². The van der Waals surface area contributed by atoms with Gasteiger partial charge in [-0.05, 0) is 39.8 Å². The number of nitrogens with one attached hydrogen (secondary N) is 2. The topological polar surface area (TPSA) is 78.4 Å². The quantitative estimate of drug-likeness (QED) is 0.744. The Hall–Kier alpha value is -2.04. The van der Waals surface area contributed by atoms with Crippen LogP contribution in [0.25, 0.3) is 0 Å². The van der Waals surface area contributed by atoms with Crippen LogP contribution in [0.3, 0.4) is 0 Å². The van der Waals surface area contributed by atoms with E-state index < -0.39 is 16.9 Å². The standard InChI is InChI=1S/C15H22N2O3/c1-14(2,13(19)20)15(3,4)17-12(18)10-16-11-8-6-5-7-9-11/h5-9,16H,10H2,1-4H3,(H,17,18)(H,19,20). The molecule has 110 valence electrons. The highest BCUT2D eigenvalue weighted by Gasteiger charge is 2.44. The molecule has 0 atom stereocenters. The van der Waals surface area contributed by atoms with Crippen molar-refractivity contribution in [2.75, 3.05) is 11.9 Å². The van der Waals surface area contributed by atoms with Crippen molar-refractivity contribution in [2.45, 2.75) is 33.2 Å². The first-order chi connectivity index (χ1) is 9.17. The molecule has 0 radical (unpaired) electrons. The van der Waals surface area contributed by atoms with Crippen molar-refractivity contribution in [3.63, 3.8) is 0 Å². The maximum atomic E-state index is 11.9. The SMILES string of the molecule is CC(C)(NC(=O)CNc1ccccc1)C(C)(C)C(=O)O. The summed E-state index contributed by atoms with van der Waals surface area (Å²) in [5.41, 5.74) is -1.07. The highest BCUT2D eigenvalue weighted by molar-refractivity contribution is 5.83. The second-order valence-corrected chi connectivity index (χ2v) is 5.82. The number of carboxylic acids is 1.